The summed E-state index contributed by atoms with van der Waals surface area (Å²) >= 11 is 0. The zero-order valence-corrected chi connectivity index (χ0v) is 10.4. The summed E-state index contributed by atoms with van der Waals surface area (Å²) in [5, 5.41) is 0. The molecular weight excluding hydrogens is 214 g/mol. The Kier molecular flexibility index (Phi) is 6.33. The van der Waals surface area contributed by atoms with Gasteiger partial charge in [-0.05, 0) is 43.9 Å². The van der Waals surface area contributed by atoms with Gasteiger partial charge in [0.1, 0.15) is 0 Å². The predicted molar refractivity (Wildman–Crippen MR) is 68.8 cm³/mol. The van der Waals surface area contributed by atoms with Gasteiger partial charge >= 0.3 is 5.97 Å². The van der Waals surface area contributed by atoms with Crippen LogP contribution < -0.4 is 5.73 Å². The Hall–Kier alpha value is -1.35. The minimum absolute atomic E-state index is 0.104. The minimum atomic E-state index is -0.104. The smallest absolute Gasteiger partial charge is 0.305 e. The molecule has 0 radical (unpaired) electrons. The lowest BCUT2D eigenvalue weighted by molar-refractivity contribution is -0.143. The van der Waals surface area contributed by atoms with Crippen LogP contribution in [-0.2, 0) is 22.4 Å². The van der Waals surface area contributed by atoms with E-state index in [4.69, 9.17) is 10.5 Å². The highest BCUT2D eigenvalue weighted by Gasteiger charge is 2.01. The molecule has 17 heavy (non-hydrogen) atoms. The van der Waals surface area contributed by atoms with Crippen molar-refractivity contribution in [2.75, 3.05) is 13.2 Å². The van der Waals surface area contributed by atoms with E-state index in [1.165, 1.54) is 11.1 Å². The molecule has 1 aromatic rings. The molecule has 0 heterocycles. The van der Waals surface area contributed by atoms with Gasteiger partial charge in [0.25, 0.3) is 0 Å². The second-order valence-corrected chi connectivity index (χ2v) is 4.01. The van der Waals surface area contributed by atoms with Crippen molar-refractivity contribution in [1.82, 2.24) is 0 Å². The highest BCUT2D eigenvalue weighted by atomic mass is 16.5. The first-order chi connectivity index (χ1) is 8.26. The SMILES string of the molecule is CCOC(=O)CCCc1ccc(CCN)cc1. The number of carbonyl (C=O) groups is 1. The molecule has 0 atom stereocenters. The molecule has 3 heteroatoms. The van der Waals surface area contributed by atoms with E-state index in [1.54, 1.807) is 0 Å². The van der Waals surface area contributed by atoms with Crippen LogP contribution in [0.15, 0.2) is 24.3 Å². The molecule has 0 aliphatic rings. The van der Waals surface area contributed by atoms with Crippen LogP contribution in [0.2, 0.25) is 0 Å². The summed E-state index contributed by atoms with van der Waals surface area (Å²) in [5.41, 5.74) is 8.01. The summed E-state index contributed by atoms with van der Waals surface area (Å²) in [6.45, 7) is 2.98. The van der Waals surface area contributed by atoms with Gasteiger partial charge in [-0.25, -0.2) is 0 Å². The van der Waals surface area contributed by atoms with Gasteiger partial charge in [0.15, 0.2) is 0 Å². The lowest BCUT2D eigenvalue weighted by atomic mass is 10.0. The van der Waals surface area contributed by atoms with Crippen molar-refractivity contribution in [3.8, 4) is 0 Å². The Bertz CT molecular complexity index is 333. The molecule has 1 aromatic carbocycles. The van der Waals surface area contributed by atoms with Crippen LogP contribution in [0.25, 0.3) is 0 Å². The average Bonchev–Trinajstić information content (AvgIpc) is 2.32. The molecule has 3 nitrogen and oxygen atoms in total. The molecule has 0 aromatic heterocycles. The molecule has 0 fully saturated rings. The van der Waals surface area contributed by atoms with Gasteiger partial charge in [-0.3, -0.25) is 4.79 Å². The van der Waals surface area contributed by atoms with Crippen molar-refractivity contribution >= 4 is 5.97 Å². The maximum atomic E-state index is 11.1. The Labute approximate surface area is 103 Å². The minimum Gasteiger partial charge on any atom is -0.466 e. The number of esters is 1. The van der Waals surface area contributed by atoms with Gasteiger partial charge in [-0.2, -0.15) is 0 Å². The molecule has 0 saturated heterocycles. The third-order valence-corrected chi connectivity index (χ3v) is 2.61. The van der Waals surface area contributed by atoms with Gasteiger partial charge < -0.3 is 10.5 Å². The van der Waals surface area contributed by atoms with E-state index in [9.17, 15) is 4.79 Å². The van der Waals surface area contributed by atoms with Gasteiger partial charge in [-0.15, -0.1) is 0 Å². The molecule has 0 unspecified atom stereocenters. The highest BCUT2D eigenvalue weighted by molar-refractivity contribution is 5.69. The number of hydrogen-bond acceptors (Lipinski definition) is 3. The number of nitrogens with two attached hydrogens (primary N) is 1. The van der Waals surface area contributed by atoms with E-state index < -0.39 is 0 Å². The molecule has 0 bridgehead atoms. The van der Waals surface area contributed by atoms with Crippen LogP contribution in [-0.4, -0.2) is 19.1 Å². The van der Waals surface area contributed by atoms with Gasteiger partial charge in [0, 0.05) is 6.42 Å². The summed E-state index contributed by atoms with van der Waals surface area (Å²) in [4.78, 5) is 11.1. The standard InChI is InChI=1S/C14H21NO2/c1-2-17-14(16)5-3-4-12-6-8-13(9-7-12)10-11-15/h6-9H,2-5,10-11,15H2,1H3. The summed E-state index contributed by atoms with van der Waals surface area (Å²) in [6.07, 6.45) is 3.18. The molecule has 94 valence electrons. The van der Waals surface area contributed by atoms with Gasteiger partial charge in [0.2, 0.25) is 0 Å². The summed E-state index contributed by atoms with van der Waals surface area (Å²) < 4.78 is 4.88. The van der Waals surface area contributed by atoms with Crippen molar-refractivity contribution in [3.63, 3.8) is 0 Å². The van der Waals surface area contributed by atoms with Crippen LogP contribution in [0.4, 0.5) is 0 Å². The van der Waals surface area contributed by atoms with Gasteiger partial charge in [-0.1, -0.05) is 24.3 Å². The van der Waals surface area contributed by atoms with E-state index >= 15 is 0 Å². The Morgan fingerprint density at radius 1 is 1.18 bits per heavy atom. The number of hydrogen-bond donors (Lipinski definition) is 1. The van der Waals surface area contributed by atoms with Gasteiger partial charge in [0.05, 0.1) is 6.61 Å². The van der Waals surface area contributed by atoms with Crippen LogP contribution in [0.1, 0.15) is 30.9 Å². The third kappa shape index (κ3) is 5.50. The maximum Gasteiger partial charge on any atom is 0.305 e. The van der Waals surface area contributed by atoms with Crippen LogP contribution in [0, 0.1) is 0 Å². The van der Waals surface area contributed by atoms with E-state index in [0.717, 1.165) is 19.3 Å². The van der Waals surface area contributed by atoms with E-state index in [-0.39, 0.29) is 5.97 Å². The first-order valence-corrected chi connectivity index (χ1v) is 6.19. The van der Waals surface area contributed by atoms with Crippen LogP contribution in [0.3, 0.4) is 0 Å². The fourth-order valence-electron chi connectivity index (χ4n) is 1.71. The van der Waals surface area contributed by atoms with E-state index in [2.05, 4.69) is 24.3 Å². The Balaban J connectivity index is 2.29. The zero-order valence-electron chi connectivity index (χ0n) is 10.4. The summed E-state index contributed by atoms with van der Waals surface area (Å²) in [6, 6.07) is 8.42. The largest absolute Gasteiger partial charge is 0.466 e. The van der Waals surface area contributed by atoms with Crippen molar-refractivity contribution in [3.05, 3.63) is 35.4 Å². The normalized spacial score (nSPS) is 10.2. The topological polar surface area (TPSA) is 52.3 Å². The number of carbonyl (C=O) groups excluding carboxylic acids is 1. The highest BCUT2D eigenvalue weighted by Crippen LogP contribution is 2.08. The molecule has 2 N–H and O–H groups in total. The number of benzene rings is 1. The Morgan fingerprint density at radius 3 is 2.29 bits per heavy atom. The average molecular weight is 235 g/mol. The second-order valence-electron chi connectivity index (χ2n) is 4.01. The fourth-order valence-corrected chi connectivity index (χ4v) is 1.71. The van der Waals surface area contributed by atoms with Crippen molar-refractivity contribution in [1.29, 1.82) is 0 Å². The van der Waals surface area contributed by atoms with Crippen molar-refractivity contribution in [2.45, 2.75) is 32.6 Å². The predicted octanol–water partition coefficient (Wildman–Crippen LogP) is 2.07. The first kappa shape index (κ1) is 13.7. The monoisotopic (exact) mass is 235 g/mol. The van der Waals surface area contributed by atoms with Crippen LogP contribution >= 0.6 is 0 Å². The fraction of sp³-hybridized carbons (Fsp3) is 0.500. The van der Waals surface area contributed by atoms with Crippen molar-refractivity contribution < 1.29 is 9.53 Å². The molecule has 0 aliphatic heterocycles. The first-order valence-electron chi connectivity index (χ1n) is 6.19. The molecule has 1 rings (SSSR count). The quantitative estimate of drug-likeness (QED) is 0.736. The molecule has 0 amide bonds. The molecule has 0 saturated carbocycles. The summed E-state index contributed by atoms with van der Waals surface area (Å²) in [7, 11) is 0. The molecule has 0 spiro atoms. The molecular formula is C14H21NO2. The zero-order chi connectivity index (χ0) is 12.5. The van der Waals surface area contributed by atoms with E-state index in [0.29, 0.717) is 19.6 Å². The lowest BCUT2D eigenvalue weighted by Crippen LogP contribution is -2.04. The number of ether oxygens (including phenoxy) is 1. The Morgan fingerprint density at radius 2 is 1.76 bits per heavy atom. The van der Waals surface area contributed by atoms with Crippen molar-refractivity contribution in [2.24, 2.45) is 5.73 Å². The van der Waals surface area contributed by atoms with E-state index in [1.807, 2.05) is 6.92 Å². The number of aryl methyl sites for hydroxylation is 1. The lowest BCUT2D eigenvalue weighted by Gasteiger charge is -2.04. The van der Waals surface area contributed by atoms with Crippen LogP contribution in [0.5, 0.6) is 0 Å². The second kappa shape index (κ2) is 7.85. The maximum absolute atomic E-state index is 11.1. The number of rotatable bonds is 7. The summed E-state index contributed by atoms with van der Waals surface area (Å²) in [5.74, 6) is -0.104. The molecule has 0 aliphatic carbocycles. The third-order valence-electron chi connectivity index (χ3n) is 2.61.